The minimum atomic E-state index is -2.19. The average Bonchev–Trinajstić information content (AvgIpc) is 3.08. The number of furan rings is 1. The predicted octanol–water partition coefficient (Wildman–Crippen LogP) is 2.85. The van der Waals surface area contributed by atoms with Gasteiger partial charge in [0.05, 0.1) is 29.6 Å². The van der Waals surface area contributed by atoms with E-state index >= 15 is 0 Å². The number of hydrogen-bond donors (Lipinski definition) is 1. The highest BCUT2D eigenvalue weighted by molar-refractivity contribution is 5.94. The summed E-state index contributed by atoms with van der Waals surface area (Å²) < 4.78 is 30.5. The number of epoxide rings is 1. The first-order valence-corrected chi connectivity index (χ1v) is 14.2. The molecular weight excluding hydrogens is 520 g/mol. The number of fused-ring (bicyclic) bond motifs is 1. The van der Waals surface area contributed by atoms with Gasteiger partial charge in [0.2, 0.25) is 5.79 Å². The minimum Gasteiger partial charge on any atom is -0.472 e. The van der Waals surface area contributed by atoms with E-state index in [9.17, 15) is 24.3 Å². The van der Waals surface area contributed by atoms with Crippen molar-refractivity contribution in [2.24, 2.45) is 28.1 Å². The van der Waals surface area contributed by atoms with Crippen LogP contribution in [0.3, 0.4) is 0 Å². The van der Waals surface area contributed by atoms with E-state index in [1.54, 1.807) is 26.4 Å². The quantitative estimate of drug-likeness (QED) is 0.436. The summed E-state index contributed by atoms with van der Waals surface area (Å²) >= 11 is 0. The van der Waals surface area contributed by atoms with Crippen molar-refractivity contribution in [3.63, 3.8) is 0 Å². The molecule has 0 unspecified atom stereocenters. The number of ether oxygens (including phenoxy) is 4. The molecule has 2 saturated heterocycles. The maximum absolute atomic E-state index is 14.7. The molecule has 4 aliphatic carbocycles. The number of esters is 2. The number of rotatable bonds is 3. The molecule has 7 rings (SSSR count). The summed E-state index contributed by atoms with van der Waals surface area (Å²) in [6.45, 7) is 9.93. The summed E-state index contributed by atoms with van der Waals surface area (Å²) in [6, 6.07) is 1.85. The van der Waals surface area contributed by atoms with Gasteiger partial charge in [-0.3, -0.25) is 19.2 Å². The first kappa shape index (κ1) is 26.3. The van der Waals surface area contributed by atoms with Gasteiger partial charge in [-0.05, 0) is 45.2 Å². The van der Waals surface area contributed by atoms with Crippen LogP contribution in [0.1, 0.15) is 78.7 Å². The molecule has 216 valence electrons. The molecule has 11 atom stereocenters. The molecule has 1 N–H and O–H groups in total. The van der Waals surface area contributed by atoms with Gasteiger partial charge in [0.1, 0.15) is 23.6 Å². The van der Waals surface area contributed by atoms with Crippen molar-refractivity contribution in [2.75, 3.05) is 0 Å². The first-order valence-electron chi connectivity index (χ1n) is 14.2. The van der Waals surface area contributed by atoms with Crippen molar-refractivity contribution in [2.45, 2.75) is 108 Å². The Kier molecular flexibility index (Phi) is 4.90. The molecule has 2 spiro atoms. The molecule has 3 heterocycles. The average molecular weight is 557 g/mol. The van der Waals surface area contributed by atoms with Gasteiger partial charge in [-0.2, -0.15) is 0 Å². The van der Waals surface area contributed by atoms with Gasteiger partial charge >= 0.3 is 11.9 Å². The highest BCUT2D eigenvalue weighted by Gasteiger charge is 2.94. The minimum absolute atomic E-state index is 0.0566. The number of ketones is 2. The van der Waals surface area contributed by atoms with Crippen molar-refractivity contribution < 1.29 is 47.6 Å². The Bertz CT molecular complexity index is 1350. The van der Waals surface area contributed by atoms with E-state index in [-0.39, 0.29) is 37.1 Å². The second kappa shape index (κ2) is 7.44. The summed E-state index contributed by atoms with van der Waals surface area (Å²) in [5.74, 6) is -5.62. The lowest BCUT2D eigenvalue weighted by atomic mass is 9.36. The second-order valence-electron chi connectivity index (χ2n) is 13.7. The Hall–Kier alpha value is -2.56. The van der Waals surface area contributed by atoms with Crippen LogP contribution < -0.4 is 0 Å². The molecule has 1 aromatic heterocycles. The van der Waals surface area contributed by atoms with Crippen molar-refractivity contribution in [1.29, 1.82) is 0 Å². The molecule has 0 radical (unpaired) electrons. The highest BCUT2D eigenvalue weighted by Crippen LogP contribution is 2.84. The Balaban J connectivity index is 1.54. The van der Waals surface area contributed by atoms with Gasteiger partial charge in [0.25, 0.3) is 0 Å². The topological polar surface area (TPSA) is 142 Å². The van der Waals surface area contributed by atoms with Gasteiger partial charge in [-0.25, -0.2) is 0 Å². The molecule has 10 heteroatoms. The van der Waals surface area contributed by atoms with Crippen LogP contribution in [0, 0.1) is 28.1 Å². The van der Waals surface area contributed by atoms with Crippen LogP contribution in [0.2, 0.25) is 0 Å². The standard InChI is InChI=1S/C30H36O10/c1-14(31)37-22-23-27(6,20(34)12-18-25(3,4)40-30(35)19(33)7-9-28(18,23)30)29-21(39-29)11-17(16-8-10-36-13-16)26(29,5)24(22)38-15(2)32/h8,10,13,17-18,21-24,35H,7,9,11-12H2,1-6H3/t17-,18-,21+,22+,23-,24-,26+,27+,28+,29-,30+/m0/s1. The van der Waals surface area contributed by atoms with Crippen LogP contribution in [0.5, 0.6) is 0 Å². The van der Waals surface area contributed by atoms with Crippen molar-refractivity contribution in [3.8, 4) is 0 Å². The summed E-state index contributed by atoms with van der Waals surface area (Å²) in [5, 5.41) is 12.2. The lowest BCUT2D eigenvalue weighted by Crippen LogP contribution is -2.78. The highest BCUT2D eigenvalue weighted by atomic mass is 16.7. The SMILES string of the molecule is CC(=O)O[C@@H]1[C@@H]2[C@]34CCC(=O)[C@@]3(O)OC(C)(C)[C@@H]4CC(=O)[C@@]2(C)[C@]23O[C@@H]2C[C@@H](c2ccoc2)[C@]3(C)[C@H]1OC(C)=O. The number of carbonyl (C=O) groups excluding carboxylic acids is 4. The number of carbonyl (C=O) groups is 4. The summed E-state index contributed by atoms with van der Waals surface area (Å²) in [5.41, 5.74) is -4.81. The largest absolute Gasteiger partial charge is 0.472 e. The Morgan fingerprint density at radius 1 is 1.05 bits per heavy atom. The third kappa shape index (κ3) is 2.55. The summed E-state index contributed by atoms with van der Waals surface area (Å²) in [7, 11) is 0. The first-order chi connectivity index (χ1) is 18.6. The van der Waals surface area contributed by atoms with E-state index in [0.29, 0.717) is 6.42 Å². The van der Waals surface area contributed by atoms with Crippen LogP contribution in [-0.2, 0) is 38.1 Å². The number of hydrogen-bond acceptors (Lipinski definition) is 10. The zero-order valence-corrected chi connectivity index (χ0v) is 23.6. The molecule has 6 aliphatic rings. The fraction of sp³-hybridized carbons (Fsp3) is 0.733. The van der Waals surface area contributed by atoms with E-state index in [1.807, 2.05) is 19.9 Å². The maximum Gasteiger partial charge on any atom is 0.303 e. The molecule has 0 bridgehead atoms. The van der Waals surface area contributed by atoms with Crippen LogP contribution >= 0.6 is 0 Å². The van der Waals surface area contributed by atoms with Crippen LogP contribution in [0.4, 0.5) is 0 Å². The molecule has 10 nitrogen and oxygen atoms in total. The van der Waals surface area contributed by atoms with Gasteiger partial charge in [-0.15, -0.1) is 0 Å². The molecule has 1 aromatic rings. The van der Waals surface area contributed by atoms with Crippen LogP contribution in [-0.4, -0.2) is 63.9 Å². The van der Waals surface area contributed by atoms with Gasteiger partial charge in [0.15, 0.2) is 5.78 Å². The van der Waals surface area contributed by atoms with E-state index < -0.39 is 75.0 Å². The molecule has 40 heavy (non-hydrogen) atoms. The summed E-state index contributed by atoms with van der Waals surface area (Å²) in [4.78, 5) is 53.7. The van der Waals surface area contributed by atoms with Crippen LogP contribution in [0.15, 0.2) is 23.0 Å². The number of aliphatic hydroxyl groups is 1. The Morgan fingerprint density at radius 3 is 2.38 bits per heavy atom. The lowest BCUT2D eigenvalue weighted by Gasteiger charge is -2.66. The Labute approximate surface area is 232 Å². The normalized spacial score (nSPS) is 51.3. The van der Waals surface area contributed by atoms with E-state index in [1.165, 1.54) is 13.8 Å². The molecule has 4 saturated carbocycles. The van der Waals surface area contributed by atoms with E-state index in [4.69, 9.17) is 23.4 Å². The zero-order chi connectivity index (χ0) is 28.8. The van der Waals surface area contributed by atoms with Crippen molar-refractivity contribution in [1.82, 2.24) is 0 Å². The van der Waals surface area contributed by atoms with Crippen molar-refractivity contribution >= 4 is 23.5 Å². The molecule has 6 fully saturated rings. The molecule has 0 amide bonds. The lowest BCUT2D eigenvalue weighted by molar-refractivity contribution is -0.294. The maximum atomic E-state index is 14.7. The number of Topliss-reactive ketones (excluding diaryl/α,β-unsaturated/α-hetero) is 2. The van der Waals surface area contributed by atoms with Gasteiger partial charge in [0, 0.05) is 55.3 Å². The smallest absolute Gasteiger partial charge is 0.303 e. The molecular formula is C30H36O10. The van der Waals surface area contributed by atoms with Gasteiger partial charge in [-0.1, -0.05) is 6.92 Å². The predicted molar refractivity (Wildman–Crippen MR) is 134 cm³/mol. The monoisotopic (exact) mass is 556 g/mol. The van der Waals surface area contributed by atoms with E-state index in [2.05, 4.69) is 0 Å². The summed E-state index contributed by atoms with van der Waals surface area (Å²) in [6.07, 6.45) is 1.60. The third-order valence-electron chi connectivity index (χ3n) is 12.0. The fourth-order valence-corrected chi connectivity index (χ4v) is 10.9. The second-order valence-corrected chi connectivity index (χ2v) is 13.7. The Morgan fingerprint density at radius 2 is 1.75 bits per heavy atom. The molecule has 2 aliphatic heterocycles. The zero-order valence-electron chi connectivity index (χ0n) is 23.6. The molecule has 0 aromatic carbocycles. The third-order valence-corrected chi connectivity index (χ3v) is 12.0. The van der Waals surface area contributed by atoms with Crippen LogP contribution in [0.25, 0.3) is 0 Å². The van der Waals surface area contributed by atoms with Crippen molar-refractivity contribution in [3.05, 3.63) is 24.2 Å². The van der Waals surface area contributed by atoms with Gasteiger partial charge < -0.3 is 28.5 Å². The van der Waals surface area contributed by atoms with E-state index in [0.717, 1.165) is 5.56 Å². The fourth-order valence-electron chi connectivity index (χ4n) is 10.9.